The summed E-state index contributed by atoms with van der Waals surface area (Å²) in [4.78, 5) is 0. The average Bonchev–Trinajstić information content (AvgIpc) is 2.83. The van der Waals surface area contributed by atoms with Crippen LogP contribution in [-0.2, 0) is 0 Å². The molecule has 1 fully saturated rings. The Bertz CT molecular complexity index is 336. The van der Waals surface area contributed by atoms with Crippen LogP contribution in [0.15, 0.2) is 24.3 Å². The molecule has 14 heavy (non-hydrogen) atoms. The Balaban J connectivity index is 2.06. The van der Waals surface area contributed by atoms with E-state index in [0.29, 0.717) is 12.0 Å². The van der Waals surface area contributed by atoms with E-state index < -0.39 is 6.10 Å². The van der Waals surface area contributed by atoms with Gasteiger partial charge in [-0.3, -0.25) is 0 Å². The molecule has 2 rings (SSSR count). The van der Waals surface area contributed by atoms with E-state index in [9.17, 15) is 9.50 Å². The Labute approximate surface area is 82.5 Å². The first kappa shape index (κ1) is 9.62. The van der Waals surface area contributed by atoms with Crippen LogP contribution in [0.3, 0.4) is 0 Å². The molecule has 0 saturated heterocycles. The first-order valence-electron chi connectivity index (χ1n) is 4.81. The van der Waals surface area contributed by atoms with Crippen LogP contribution in [0.25, 0.3) is 0 Å². The van der Waals surface area contributed by atoms with E-state index in [1.54, 1.807) is 12.1 Å². The number of aliphatic hydroxyl groups excluding tert-OH is 1. The molecule has 1 aromatic carbocycles. The zero-order chi connectivity index (χ0) is 10.2. The standard InChI is InChI=1S/C11H14FNO/c12-9-3-1-2-8(6-9)10(14)7-11(13)4-5-11/h1-3,6,10,14H,4-5,7,13H2. The number of rotatable bonds is 3. The quantitative estimate of drug-likeness (QED) is 0.771. The molecule has 1 aromatic rings. The van der Waals surface area contributed by atoms with Crippen LogP contribution in [0.1, 0.15) is 30.9 Å². The Hall–Kier alpha value is -0.930. The smallest absolute Gasteiger partial charge is 0.123 e. The number of benzene rings is 1. The summed E-state index contributed by atoms with van der Waals surface area (Å²) in [5.74, 6) is -0.316. The van der Waals surface area contributed by atoms with Gasteiger partial charge in [-0.25, -0.2) is 4.39 Å². The second-order valence-corrected chi connectivity index (χ2v) is 4.14. The summed E-state index contributed by atoms with van der Waals surface area (Å²) in [6.45, 7) is 0. The topological polar surface area (TPSA) is 46.2 Å². The Morgan fingerprint density at radius 1 is 1.50 bits per heavy atom. The van der Waals surface area contributed by atoms with Gasteiger partial charge in [0.2, 0.25) is 0 Å². The minimum Gasteiger partial charge on any atom is -0.388 e. The predicted molar refractivity (Wildman–Crippen MR) is 52.1 cm³/mol. The molecule has 76 valence electrons. The van der Waals surface area contributed by atoms with E-state index in [1.165, 1.54) is 12.1 Å². The summed E-state index contributed by atoms with van der Waals surface area (Å²) in [7, 11) is 0. The Morgan fingerprint density at radius 3 is 2.79 bits per heavy atom. The molecule has 1 saturated carbocycles. The molecule has 0 aliphatic heterocycles. The molecule has 1 unspecified atom stereocenters. The van der Waals surface area contributed by atoms with Crippen molar-refractivity contribution >= 4 is 0 Å². The van der Waals surface area contributed by atoms with Crippen molar-refractivity contribution in [2.75, 3.05) is 0 Å². The van der Waals surface area contributed by atoms with Gasteiger partial charge in [-0.1, -0.05) is 12.1 Å². The lowest BCUT2D eigenvalue weighted by Crippen LogP contribution is -2.24. The van der Waals surface area contributed by atoms with E-state index in [1.807, 2.05) is 0 Å². The minimum atomic E-state index is -0.641. The fourth-order valence-electron chi connectivity index (χ4n) is 1.58. The number of hydrogen-bond donors (Lipinski definition) is 2. The molecule has 1 atom stereocenters. The van der Waals surface area contributed by atoms with Crippen molar-refractivity contribution in [2.24, 2.45) is 5.73 Å². The van der Waals surface area contributed by atoms with E-state index >= 15 is 0 Å². The van der Waals surface area contributed by atoms with Gasteiger partial charge in [0.05, 0.1) is 6.10 Å². The molecule has 3 N–H and O–H groups in total. The van der Waals surface area contributed by atoms with Gasteiger partial charge in [-0.15, -0.1) is 0 Å². The van der Waals surface area contributed by atoms with Gasteiger partial charge in [0, 0.05) is 5.54 Å². The Kier molecular flexibility index (Phi) is 2.29. The highest BCUT2D eigenvalue weighted by Crippen LogP contribution is 2.40. The van der Waals surface area contributed by atoms with Crippen molar-refractivity contribution in [1.82, 2.24) is 0 Å². The van der Waals surface area contributed by atoms with Gasteiger partial charge in [-0.05, 0) is 37.0 Å². The van der Waals surface area contributed by atoms with Crippen LogP contribution in [0.5, 0.6) is 0 Å². The maximum Gasteiger partial charge on any atom is 0.123 e. The molecule has 0 heterocycles. The molecule has 2 nitrogen and oxygen atoms in total. The van der Waals surface area contributed by atoms with Crippen LogP contribution < -0.4 is 5.73 Å². The van der Waals surface area contributed by atoms with Crippen LogP contribution in [0.2, 0.25) is 0 Å². The SMILES string of the molecule is NC1(CC(O)c2cccc(F)c2)CC1. The molecule has 1 aliphatic rings. The second kappa shape index (κ2) is 3.33. The van der Waals surface area contributed by atoms with Gasteiger partial charge < -0.3 is 10.8 Å². The summed E-state index contributed by atoms with van der Waals surface area (Å²) in [6, 6.07) is 6.05. The molecular formula is C11H14FNO. The summed E-state index contributed by atoms with van der Waals surface area (Å²) >= 11 is 0. The highest BCUT2D eigenvalue weighted by atomic mass is 19.1. The first-order chi connectivity index (χ1) is 6.59. The fourth-order valence-corrected chi connectivity index (χ4v) is 1.58. The molecule has 0 aromatic heterocycles. The third-order valence-electron chi connectivity index (χ3n) is 2.73. The molecule has 3 heteroatoms. The van der Waals surface area contributed by atoms with Crippen molar-refractivity contribution in [3.8, 4) is 0 Å². The largest absolute Gasteiger partial charge is 0.388 e. The van der Waals surface area contributed by atoms with Crippen molar-refractivity contribution in [2.45, 2.75) is 30.9 Å². The summed E-state index contributed by atoms with van der Waals surface area (Å²) in [5, 5.41) is 9.77. The normalized spacial score (nSPS) is 20.5. The lowest BCUT2D eigenvalue weighted by atomic mass is 10.0. The van der Waals surface area contributed by atoms with Gasteiger partial charge in [0.15, 0.2) is 0 Å². The molecule has 0 spiro atoms. The first-order valence-corrected chi connectivity index (χ1v) is 4.81. The lowest BCUT2D eigenvalue weighted by molar-refractivity contribution is 0.154. The number of nitrogens with two attached hydrogens (primary N) is 1. The van der Waals surface area contributed by atoms with Gasteiger partial charge in [-0.2, -0.15) is 0 Å². The zero-order valence-electron chi connectivity index (χ0n) is 7.91. The highest BCUT2D eigenvalue weighted by molar-refractivity contribution is 5.20. The number of halogens is 1. The minimum absolute atomic E-state index is 0.203. The zero-order valence-corrected chi connectivity index (χ0v) is 7.91. The van der Waals surface area contributed by atoms with E-state index in [-0.39, 0.29) is 11.4 Å². The van der Waals surface area contributed by atoms with E-state index in [2.05, 4.69) is 0 Å². The van der Waals surface area contributed by atoms with E-state index in [4.69, 9.17) is 5.73 Å². The monoisotopic (exact) mass is 195 g/mol. The van der Waals surface area contributed by atoms with Crippen LogP contribution >= 0.6 is 0 Å². The van der Waals surface area contributed by atoms with Crippen LogP contribution in [0.4, 0.5) is 4.39 Å². The molecule has 1 aliphatic carbocycles. The molecule has 0 amide bonds. The molecule has 0 bridgehead atoms. The molecule has 0 radical (unpaired) electrons. The average molecular weight is 195 g/mol. The van der Waals surface area contributed by atoms with Crippen molar-refractivity contribution in [1.29, 1.82) is 0 Å². The summed E-state index contributed by atoms with van der Waals surface area (Å²) < 4.78 is 12.8. The van der Waals surface area contributed by atoms with Gasteiger partial charge >= 0.3 is 0 Å². The molecular weight excluding hydrogens is 181 g/mol. The van der Waals surface area contributed by atoms with Crippen LogP contribution in [-0.4, -0.2) is 10.6 Å². The Morgan fingerprint density at radius 2 is 2.21 bits per heavy atom. The fraction of sp³-hybridized carbons (Fsp3) is 0.455. The maximum absolute atomic E-state index is 12.8. The highest BCUT2D eigenvalue weighted by Gasteiger charge is 2.39. The summed E-state index contributed by atoms with van der Waals surface area (Å²) in [6.07, 6.45) is 1.80. The summed E-state index contributed by atoms with van der Waals surface area (Å²) in [5.41, 5.74) is 6.28. The third kappa shape index (κ3) is 2.11. The van der Waals surface area contributed by atoms with Crippen molar-refractivity contribution in [3.63, 3.8) is 0 Å². The second-order valence-electron chi connectivity index (χ2n) is 4.14. The van der Waals surface area contributed by atoms with Gasteiger partial charge in [0.1, 0.15) is 5.82 Å². The maximum atomic E-state index is 12.8. The number of hydrogen-bond acceptors (Lipinski definition) is 2. The number of aliphatic hydroxyl groups is 1. The third-order valence-corrected chi connectivity index (χ3v) is 2.73. The van der Waals surface area contributed by atoms with Crippen LogP contribution in [0, 0.1) is 5.82 Å². The van der Waals surface area contributed by atoms with Gasteiger partial charge in [0.25, 0.3) is 0 Å². The van der Waals surface area contributed by atoms with Crippen molar-refractivity contribution < 1.29 is 9.50 Å². The lowest BCUT2D eigenvalue weighted by Gasteiger charge is -2.15. The predicted octanol–water partition coefficient (Wildman–Crippen LogP) is 1.74. The van der Waals surface area contributed by atoms with Crippen molar-refractivity contribution in [3.05, 3.63) is 35.6 Å². The van der Waals surface area contributed by atoms with E-state index in [0.717, 1.165) is 12.8 Å².